The van der Waals surface area contributed by atoms with Crippen LogP contribution in [0.3, 0.4) is 0 Å². The maximum atomic E-state index is 13.8. The van der Waals surface area contributed by atoms with Crippen LogP contribution in [0.5, 0.6) is 0 Å². The zero-order valence-corrected chi connectivity index (χ0v) is 15.2. The quantitative estimate of drug-likeness (QED) is 0.614. The SMILES string of the molecule is Cc1cc(C)c(NC(=O)C2(C(=O)Nc3ccc(F)c(F)c3F)CC2)c(C)c1. The van der Waals surface area contributed by atoms with Crippen molar-refractivity contribution in [2.75, 3.05) is 10.6 Å². The Kier molecular flexibility index (Phi) is 4.71. The second-order valence-corrected chi connectivity index (χ2v) is 6.99. The van der Waals surface area contributed by atoms with Crippen LogP contribution >= 0.6 is 0 Å². The van der Waals surface area contributed by atoms with Gasteiger partial charge in [-0.1, -0.05) is 17.7 Å². The highest BCUT2D eigenvalue weighted by Gasteiger charge is 2.56. The van der Waals surface area contributed by atoms with E-state index < -0.39 is 40.4 Å². The van der Waals surface area contributed by atoms with Gasteiger partial charge in [0.15, 0.2) is 17.5 Å². The molecule has 2 aromatic rings. The van der Waals surface area contributed by atoms with Crippen molar-refractivity contribution in [3.63, 3.8) is 0 Å². The lowest BCUT2D eigenvalue weighted by Gasteiger charge is -2.18. The van der Waals surface area contributed by atoms with E-state index in [2.05, 4.69) is 10.6 Å². The number of hydrogen-bond donors (Lipinski definition) is 2. The summed E-state index contributed by atoms with van der Waals surface area (Å²) >= 11 is 0. The van der Waals surface area contributed by atoms with E-state index in [1.54, 1.807) is 0 Å². The van der Waals surface area contributed by atoms with Gasteiger partial charge in [0.1, 0.15) is 5.41 Å². The van der Waals surface area contributed by atoms with Gasteiger partial charge in [0.05, 0.1) is 5.69 Å². The number of halogens is 3. The van der Waals surface area contributed by atoms with Crippen molar-refractivity contribution in [3.8, 4) is 0 Å². The fraction of sp³-hybridized carbons (Fsp3) is 0.300. The normalized spacial score (nSPS) is 14.6. The van der Waals surface area contributed by atoms with Gasteiger partial charge in [-0.3, -0.25) is 9.59 Å². The molecule has 1 aliphatic carbocycles. The van der Waals surface area contributed by atoms with Crippen LogP contribution in [0.2, 0.25) is 0 Å². The van der Waals surface area contributed by atoms with Crippen molar-refractivity contribution in [2.24, 2.45) is 5.41 Å². The second kappa shape index (κ2) is 6.72. The Morgan fingerprint density at radius 1 is 0.889 bits per heavy atom. The molecule has 0 saturated heterocycles. The maximum Gasteiger partial charge on any atom is 0.240 e. The highest BCUT2D eigenvalue weighted by atomic mass is 19.2. The van der Waals surface area contributed by atoms with Crippen LogP contribution in [0.25, 0.3) is 0 Å². The number of carbonyl (C=O) groups is 2. The molecule has 2 amide bonds. The summed E-state index contributed by atoms with van der Waals surface area (Å²) in [6, 6.07) is 5.47. The lowest BCUT2D eigenvalue weighted by atomic mass is 10.0. The summed E-state index contributed by atoms with van der Waals surface area (Å²) < 4.78 is 40.2. The highest BCUT2D eigenvalue weighted by Crippen LogP contribution is 2.48. The molecular weight excluding hydrogens is 357 g/mol. The van der Waals surface area contributed by atoms with E-state index in [1.165, 1.54) is 0 Å². The number of rotatable bonds is 4. The average molecular weight is 376 g/mol. The van der Waals surface area contributed by atoms with Crippen molar-refractivity contribution >= 4 is 23.2 Å². The van der Waals surface area contributed by atoms with E-state index in [0.717, 1.165) is 22.8 Å². The molecule has 0 atom stereocenters. The molecule has 0 bridgehead atoms. The van der Waals surface area contributed by atoms with Crippen LogP contribution in [0.4, 0.5) is 24.5 Å². The molecule has 0 aliphatic heterocycles. The smallest absolute Gasteiger partial charge is 0.240 e. The molecule has 2 N–H and O–H groups in total. The van der Waals surface area contributed by atoms with Gasteiger partial charge in [0, 0.05) is 5.69 Å². The second-order valence-electron chi connectivity index (χ2n) is 6.99. The van der Waals surface area contributed by atoms with E-state index >= 15 is 0 Å². The molecule has 1 saturated carbocycles. The number of nitrogens with one attached hydrogen (secondary N) is 2. The first kappa shape index (κ1) is 18.9. The molecule has 1 aliphatic rings. The molecule has 2 aromatic carbocycles. The average Bonchev–Trinajstić information content (AvgIpc) is 3.40. The Balaban J connectivity index is 1.80. The molecule has 0 aromatic heterocycles. The van der Waals surface area contributed by atoms with Crippen LogP contribution in [-0.4, -0.2) is 11.8 Å². The molecule has 142 valence electrons. The molecular formula is C20H19F3N2O2. The fourth-order valence-electron chi connectivity index (χ4n) is 3.16. The summed E-state index contributed by atoms with van der Waals surface area (Å²) in [5.74, 6) is -5.77. The third kappa shape index (κ3) is 3.41. The molecule has 0 unspecified atom stereocenters. The summed E-state index contributed by atoms with van der Waals surface area (Å²) in [5, 5.41) is 4.99. The number of carbonyl (C=O) groups excluding carboxylic acids is 2. The molecule has 0 spiro atoms. The maximum absolute atomic E-state index is 13.8. The first-order valence-corrected chi connectivity index (χ1v) is 8.50. The molecule has 0 radical (unpaired) electrons. The first-order chi connectivity index (χ1) is 12.7. The van der Waals surface area contributed by atoms with Crippen LogP contribution in [0.15, 0.2) is 24.3 Å². The van der Waals surface area contributed by atoms with Crippen molar-refractivity contribution in [1.82, 2.24) is 0 Å². The summed E-state index contributed by atoms with van der Waals surface area (Å²) in [7, 11) is 0. The molecule has 3 rings (SSSR count). The summed E-state index contributed by atoms with van der Waals surface area (Å²) in [4.78, 5) is 25.3. The van der Waals surface area contributed by atoms with E-state index in [9.17, 15) is 22.8 Å². The van der Waals surface area contributed by atoms with E-state index in [4.69, 9.17) is 0 Å². The molecule has 27 heavy (non-hydrogen) atoms. The largest absolute Gasteiger partial charge is 0.325 e. The van der Waals surface area contributed by atoms with Crippen LogP contribution in [0.1, 0.15) is 29.5 Å². The summed E-state index contributed by atoms with van der Waals surface area (Å²) in [6.07, 6.45) is 0.583. The Morgan fingerprint density at radius 3 is 2.00 bits per heavy atom. The molecule has 0 heterocycles. The van der Waals surface area contributed by atoms with Gasteiger partial charge >= 0.3 is 0 Å². The van der Waals surface area contributed by atoms with Crippen LogP contribution < -0.4 is 10.6 Å². The number of benzene rings is 2. The number of amides is 2. The van der Waals surface area contributed by atoms with Crippen LogP contribution in [-0.2, 0) is 9.59 Å². The molecule has 1 fully saturated rings. The summed E-state index contributed by atoms with van der Waals surface area (Å²) in [5.41, 5.74) is 1.56. The minimum absolute atomic E-state index is 0.292. The lowest BCUT2D eigenvalue weighted by Crippen LogP contribution is -2.36. The van der Waals surface area contributed by atoms with Crippen molar-refractivity contribution < 1.29 is 22.8 Å². The highest BCUT2D eigenvalue weighted by molar-refractivity contribution is 6.17. The number of aryl methyl sites for hydroxylation is 3. The monoisotopic (exact) mass is 376 g/mol. The topological polar surface area (TPSA) is 58.2 Å². The zero-order chi connectivity index (χ0) is 19.9. The molecule has 4 nitrogen and oxygen atoms in total. The summed E-state index contributed by atoms with van der Waals surface area (Å²) in [6.45, 7) is 5.65. The van der Waals surface area contributed by atoms with E-state index in [-0.39, 0.29) is 0 Å². The van der Waals surface area contributed by atoms with Crippen LogP contribution in [0, 0.1) is 43.6 Å². The third-order valence-corrected chi connectivity index (χ3v) is 4.82. The number of hydrogen-bond acceptors (Lipinski definition) is 2. The van der Waals surface area contributed by atoms with Crippen molar-refractivity contribution in [2.45, 2.75) is 33.6 Å². The number of anilines is 2. The van der Waals surface area contributed by atoms with E-state index in [1.807, 2.05) is 32.9 Å². The van der Waals surface area contributed by atoms with Gasteiger partial charge < -0.3 is 10.6 Å². The van der Waals surface area contributed by atoms with Gasteiger partial charge in [-0.15, -0.1) is 0 Å². The van der Waals surface area contributed by atoms with Gasteiger partial charge in [-0.05, 0) is 56.9 Å². The van der Waals surface area contributed by atoms with Crippen molar-refractivity contribution in [3.05, 3.63) is 58.4 Å². The predicted molar refractivity (Wildman–Crippen MR) is 95.9 cm³/mol. The van der Waals surface area contributed by atoms with Gasteiger partial charge in [-0.2, -0.15) is 0 Å². The Labute approximate surface area is 154 Å². The fourth-order valence-corrected chi connectivity index (χ4v) is 3.16. The predicted octanol–water partition coefficient (Wildman–Crippen LogP) is 4.39. The standard InChI is InChI=1S/C20H19F3N2O2/c1-10-8-11(2)17(12(3)9-10)25-19(27)20(6-7-20)18(26)24-14-5-4-13(21)15(22)16(14)23/h4-5,8-9H,6-7H2,1-3H3,(H,24,26)(H,25,27). The van der Waals surface area contributed by atoms with E-state index in [0.29, 0.717) is 24.6 Å². The van der Waals surface area contributed by atoms with Gasteiger partial charge in [0.2, 0.25) is 11.8 Å². The minimum Gasteiger partial charge on any atom is -0.325 e. The zero-order valence-electron chi connectivity index (χ0n) is 15.2. The lowest BCUT2D eigenvalue weighted by molar-refractivity contribution is -0.131. The Morgan fingerprint density at radius 2 is 1.44 bits per heavy atom. The first-order valence-electron chi connectivity index (χ1n) is 8.50. The Hall–Kier alpha value is -2.83. The van der Waals surface area contributed by atoms with Crippen molar-refractivity contribution in [1.29, 1.82) is 0 Å². The van der Waals surface area contributed by atoms with Gasteiger partial charge in [0.25, 0.3) is 0 Å². The minimum atomic E-state index is -1.67. The molecule has 7 heteroatoms. The Bertz CT molecular complexity index is 929. The third-order valence-electron chi connectivity index (χ3n) is 4.82. The van der Waals surface area contributed by atoms with Gasteiger partial charge in [-0.25, -0.2) is 13.2 Å².